The number of nitrogens with zero attached hydrogens (tertiary/aromatic N) is 2. The van der Waals surface area contributed by atoms with Crippen LogP contribution in [0.1, 0.15) is 35.6 Å². The van der Waals surface area contributed by atoms with E-state index in [4.69, 9.17) is 16.6 Å². The Morgan fingerprint density at radius 3 is 2.37 bits per heavy atom. The third-order valence-electron chi connectivity index (χ3n) is 3.51. The standard InChI is InChI=1S/C15H14ClIN2/c1-8-4-3-5-9(2)11(8)15-18-13(10-6-7-10)12(17)14(16)19-15/h3-5,10H,6-7H2,1-2H3. The number of hydrogen-bond donors (Lipinski definition) is 0. The summed E-state index contributed by atoms with van der Waals surface area (Å²) in [5, 5.41) is 0.579. The second-order valence-electron chi connectivity index (χ2n) is 5.08. The predicted octanol–water partition coefficient (Wildman–Crippen LogP) is 4.90. The average molecular weight is 385 g/mol. The highest BCUT2D eigenvalue weighted by atomic mass is 127. The molecule has 1 aromatic heterocycles. The van der Waals surface area contributed by atoms with Gasteiger partial charge in [0.15, 0.2) is 5.82 Å². The van der Waals surface area contributed by atoms with Gasteiger partial charge in [0.1, 0.15) is 5.15 Å². The molecule has 0 saturated heterocycles. The summed E-state index contributed by atoms with van der Waals surface area (Å²) in [6.45, 7) is 4.18. The summed E-state index contributed by atoms with van der Waals surface area (Å²) in [6, 6.07) is 6.24. The van der Waals surface area contributed by atoms with E-state index in [0.717, 1.165) is 20.7 Å². The normalized spacial score (nSPS) is 14.7. The molecule has 0 unspecified atom stereocenters. The van der Waals surface area contributed by atoms with Crippen LogP contribution >= 0.6 is 34.2 Å². The van der Waals surface area contributed by atoms with E-state index in [9.17, 15) is 0 Å². The maximum Gasteiger partial charge on any atom is 0.161 e. The van der Waals surface area contributed by atoms with Crippen molar-refractivity contribution < 1.29 is 0 Å². The molecule has 2 nitrogen and oxygen atoms in total. The minimum Gasteiger partial charge on any atom is -0.232 e. The molecule has 4 heteroatoms. The van der Waals surface area contributed by atoms with E-state index in [0.29, 0.717) is 11.1 Å². The molecule has 1 aliphatic rings. The number of hydrogen-bond acceptors (Lipinski definition) is 2. The highest BCUT2D eigenvalue weighted by molar-refractivity contribution is 14.1. The van der Waals surface area contributed by atoms with Crippen LogP contribution in [-0.2, 0) is 0 Å². The van der Waals surface area contributed by atoms with Crippen LogP contribution in [0.15, 0.2) is 18.2 Å². The zero-order valence-corrected chi connectivity index (χ0v) is 13.8. The van der Waals surface area contributed by atoms with Crippen molar-refractivity contribution in [2.75, 3.05) is 0 Å². The lowest BCUT2D eigenvalue weighted by Gasteiger charge is -2.11. The molecule has 1 aromatic carbocycles. The number of halogens is 2. The molecule has 19 heavy (non-hydrogen) atoms. The first kappa shape index (κ1) is 13.3. The maximum absolute atomic E-state index is 6.29. The monoisotopic (exact) mass is 384 g/mol. The summed E-state index contributed by atoms with van der Waals surface area (Å²) in [5.74, 6) is 1.35. The Bertz CT molecular complexity index is 631. The molecule has 1 heterocycles. The Hall–Kier alpha value is -0.680. The summed E-state index contributed by atoms with van der Waals surface area (Å²) in [4.78, 5) is 9.27. The highest BCUT2D eigenvalue weighted by Gasteiger charge is 2.29. The maximum atomic E-state index is 6.29. The van der Waals surface area contributed by atoms with E-state index < -0.39 is 0 Å². The minimum atomic E-state index is 0.579. The number of rotatable bonds is 2. The van der Waals surface area contributed by atoms with Gasteiger partial charge < -0.3 is 0 Å². The van der Waals surface area contributed by atoms with Crippen molar-refractivity contribution in [3.63, 3.8) is 0 Å². The third-order valence-corrected chi connectivity index (χ3v) is 5.16. The lowest BCUT2D eigenvalue weighted by Crippen LogP contribution is -2.01. The highest BCUT2D eigenvalue weighted by Crippen LogP contribution is 2.43. The Morgan fingerprint density at radius 2 is 1.79 bits per heavy atom. The Labute approximate surface area is 131 Å². The summed E-state index contributed by atoms with van der Waals surface area (Å²) >= 11 is 8.54. The molecule has 0 atom stereocenters. The fourth-order valence-electron chi connectivity index (χ4n) is 2.34. The van der Waals surface area contributed by atoms with E-state index in [1.54, 1.807) is 0 Å². The molecule has 98 valence electrons. The second-order valence-corrected chi connectivity index (χ2v) is 6.52. The van der Waals surface area contributed by atoms with Crippen molar-refractivity contribution in [2.45, 2.75) is 32.6 Å². The molecule has 0 amide bonds. The number of aromatic nitrogens is 2. The van der Waals surface area contributed by atoms with Gasteiger partial charge in [-0.3, -0.25) is 0 Å². The van der Waals surface area contributed by atoms with Crippen molar-refractivity contribution in [3.8, 4) is 11.4 Å². The van der Waals surface area contributed by atoms with Gasteiger partial charge in [-0.2, -0.15) is 0 Å². The smallest absolute Gasteiger partial charge is 0.161 e. The largest absolute Gasteiger partial charge is 0.232 e. The SMILES string of the molecule is Cc1cccc(C)c1-c1nc(Cl)c(I)c(C2CC2)n1. The van der Waals surface area contributed by atoms with Crippen LogP contribution in [-0.4, -0.2) is 9.97 Å². The molecular weight excluding hydrogens is 371 g/mol. The lowest BCUT2D eigenvalue weighted by molar-refractivity contribution is 0.975. The summed E-state index contributed by atoms with van der Waals surface area (Å²) in [5.41, 5.74) is 4.62. The first-order valence-corrected chi connectivity index (χ1v) is 7.83. The zero-order valence-electron chi connectivity index (χ0n) is 10.9. The van der Waals surface area contributed by atoms with Gasteiger partial charge in [0.25, 0.3) is 0 Å². The molecule has 1 aliphatic carbocycles. The van der Waals surface area contributed by atoms with Crippen molar-refractivity contribution in [1.29, 1.82) is 0 Å². The van der Waals surface area contributed by atoms with E-state index in [2.05, 4.69) is 59.6 Å². The van der Waals surface area contributed by atoms with Gasteiger partial charge in [-0.05, 0) is 60.4 Å². The van der Waals surface area contributed by atoms with Crippen molar-refractivity contribution in [1.82, 2.24) is 9.97 Å². The predicted molar refractivity (Wildman–Crippen MR) is 86.6 cm³/mol. The number of benzene rings is 1. The number of aryl methyl sites for hydroxylation is 2. The van der Waals surface area contributed by atoms with E-state index in [-0.39, 0.29) is 0 Å². The van der Waals surface area contributed by atoms with Crippen LogP contribution in [0, 0.1) is 17.4 Å². The van der Waals surface area contributed by atoms with Crippen LogP contribution in [0.2, 0.25) is 5.15 Å². The Morgan fingerprint density at radius 1 is 1.16 bits per heavy atom. The fraction of sp³-hybridized carbons (Fsp3) is 0.333. The van der Waals surface area contributed by atoms with Gasteiger partial charge in [-0.25, -0.2) is 9.97 Å². The van der Waals surface area contributed by atoms with Crippen LogP contribution in [0.3, 0.4) is 0 Å². The fourth-order valence-corrected chi connectivity index (χ4v) is 3.20. The van der Waals surface area contributed by atoms with Gasteiger partial charge in [-0.1, -0.05) is 29.8 Å². The topological polar surface area (TPSA) is 25.8 Å². The molecule has 2 aromatic rings. The molecule has 0 spiro atoms. The Balaban J connectivity index is 2.20. The van der Waals surface area contributed by atoms with Crippen LogP contribution in [0.4, 0.5) is 0 Å². The van der Waals surface area contributed by atoms with Gasteiger partial charge in [-0.15, -0.1) is 0 Å². The van der Waals surface area contributed by atoms with Crippen molar-refractivity contribution >= 4 is 34.2 Å². The molecule has 1 saturated carbocycles. The first-order chi connectivity index (χ1) is 9.08. The Kier molecular flexibility index (Phi) is 3.52. The van der Waals surface area contributed by atoms with Gasteiger partial charge >= 0.3 is 0 Å². The molecule has 0 aliphatic heterocycles. The minimum absolute atomic E-state index is 0.579. The van der Waals surface area contributed by atoms with E-state index in [1.807, 2.05) is 0 Å². The third kappa shape index (κ3) is 2.50. The van der Waals surface area contributed by atoms with Crippen LogP contribution in [0.25, 0.3) is 11.4 Å². The molecule has 0 N–H and O–H groups in total. The van der Waals surface area contributed by atoms with Gasteiger partial charge in [0.2, 0.25) is 0 Å². The van der Waals surface area contributed by atoms with Crippen LogP contribution in [0.5, 0.6) is 0 Å². The molecular formula is C15H14ClIN2. The lowest BCUT2D eigenvalue weighted by atomic mass is 10.0. The zero-order chi connectivity index (χ0) is 13.6. The first-order valence-electron chi connectivity index (χ1n) is 6.37. The summed E-state index contributed by atoms with van der Waals surface area (Å²) in [6.07, 6.45) is 2.44. The summed E-state index contributed by atoms with van der Waals surface area (Å²) < 4.78 is 1.01. The van der Waals surface area contributed by atoms with E-state index in [1.165, 1.54) is 24.0 Å². The van der Waals surface area contributed by atoms with E-state index >= 15 is 0 Å². The van der Waals surface area contributed by atoms with Crippen molar-refractivity contribution in [3.05, 3.63) is 43.7 Å². The molecule has 3 rings (SSSR count). The average Bonchev–Trinajstić information content (AvgIpc) is 3.17. The van der Waals surface area contributed by atoms with Crippen molar-refractivity contribution in [2.24, 2.45) is 0 Å². The second kappa shape index (κ2) is 5.02. The van der Waals surface area contributed by atoms with Crippen LogP contribution < -0.4 is 0 Å². The molecule has 0 bridgehead atoms. The quantitative estimate of drug-likeness (QED) is 0.544. The molecule has 1 fully saturated rings. The summed E-state index contributed by atoms with van der Waals surface area (Å²) in [7, 11) is 0. The molecule has 0 radical (unpaired) electrons. The van der Waals surface area contributed by atoms with Gasteiger partial charge in [0.05, 0.1) is 9.26 Å². The van der Waals surface area contributed by atoms with Gasteiger partial charge in [0, 0.05) is 11.5 Å².